The van der Waals surface area contributed by atoms with Gasteiger partial charge in [-0.1, -0.05) is 6.07 Å². The largest absolute Gasteiger partial charge is 0.315 e. The smallest absolute Gasteiger partial charge is 0.272 e. The Morgan fingerprint density at radius 2 is 2.05 bits per heavy atom. The van der Waals surface area contributed by atoms with Gasteiger partial charge in [-0.2, -0.15) is 0 Å². The van der Waals surface area contributed by atoms with Crippen molar-refractivity contribution in [3.05, 3.63) is 40.9 Å². The van der Waals surface area contributed by atoms with Crippen LogP contribution in [-0.2, 0) is 16.6 Å². The van der Waals surface area contributed by atoms with E-state index in [1.54, 1.807) is 24.3 Å². The van der Waals surface area contributed by atoms with Crippen LogP contribution in [0.5, 0.6) is 0 Å². The van der Waals surface area contributed by atoms with Gasteiger partial charge in [-0.25, -0.2) is 13.4 Å². The first-order valence-electron chi connectivity index (χ1n) is 5.71. The van der Waals surface area contributed by atoms with E-state index in [-0.39, 0.29) is 0 Å². The molecule has 0 aromatic carbocycles. The van der Waals surface area contributed by atoms with Gasteiger partial charge in [-0.05, 0) is 38.2 Å². The van der Waals surface area contributed by atoms with Gasteiger partial charge in [-0.15, -0.1) is 11.3 Å². The zero-order chi connectivity index (χ0) is 13.9. The third-order valence-corrected chi connectivity index (χ3v) is 5.31. The highest BCUT2D eigenvalue weighted by Gasteiger charge is 2.17. The predicted molar refractivity (Wildman–Crippen MR) is 76.9 cm³/mol. The normalized spacial score (nSPS) is 11.5. The maximum Gasteiger partial charge on any atom is 0.272 e. The van der Waals surface area contributed by atoms with Crippen LogP contribution in [-0.4, -0.2) is 20.4 Å². The molecule has 0 spiro atoms. The Labute approximate surface area is 116 Å². The number of hydrogen-bond acceptors (Lipinski definition) is 5. The molecule has 19 heavy (non-hydrogen) atoms. The van der Waals surface area contributed by atoms with Crippen LogP contribution in [0.2, 0.25) is 0 Å². The minimum absolute atomic E-state index is 0.293. The summed E-state index contributed by atoms with van der Waals surface area (Å²) in [7, 11) is -1.73. The first kappa shape index (κ1) is 14.0. The zero-order valence-corrected chi connectivity index (χ0v) is 12.3. The summed E-state index contributed by atoms with van der Waals surface area (Å²) in [4.78, 5) is 5.10. The molecule has 0 radical (unpaired) electrons. The SMILES string of the molecule is CNCc1ccc(S(=O)(=O)Nc2cccc(C)n2)s1. The number of nitrogens with zero attached hydrogens (tertiary/aromatic N) is 1. The molecule has 0 unspecified atom stereocenters. The molecule has 2 heterocycles. The van der Waals surface area contributed by atoms with Crippen LogP contribution in [0.1, 0.15) is 10.6 Å². The summed E-state index contributed by atoms with van der Waals surface area (Å²) >= 11 is 1.25. The van der Waals surface area contributed by atoms with Crippen LogP contribution in [0.4, 0.5) is 5.82 Å². The second kappa shape index (κ2) is 5.68. The number of anilines is 1. The molecule has 2 aromatic heterocycles. The topological polar surface area (TPSA) is 71.1 Å². The Morgan fingerprint density at radius 1 is 1.26 bits per heavy atom. The molecular formula is C12H15N3O2S2. The van der Waals surface area contributed by atoms with E-state index in [0.29, 0.717) is 16.6 Å². The van der Waals surface area contributed by atoms with Gasteiger partial charge in [-0.3, -0.25) is 4.72 Å². The van der Waals surface area contributed by atoms with Gasteiger partial charge >= 0.3 is 0 Å². The fraction of sp³-hybridized carbons (Fsp3) is 0.250. The monoisotopic (exact) mass is 297 g/mol. The summed E-state index contributed by atoms with van der Waals surface area (Å²) in [5, 5.41) is 2.99. The van der Waals surface area contributed by atoms with E-state index in [4.69, 9.17) is 0 Å². The second-order valence-corrected chi connectivity index (χ2v) is 7.10. The van der Waals surface area contributed by atoms with E-state index < -0.39 is 10.0 Å². The lowest BCUT2D eigenvalue weighted by Gasteiger charge is -2.05. The van der Waals surface area contributed by atoms with Crippen LogP contribution < -0.4 is 10.0 Å². The Hall–Kier alpha value is -1.44. The Balaban J connectivity index is 2.22. The average molecular weight is 297 g/mol. The van der Waals surface area contributed by atoms with Crippen LogP contribution in [0.3, 0.4) is 0 Å². The van der Waals surface area contributed by atoms with Crippen molar-refractivity contribution in [1.82, 2.24) is 10.3 Å². The molecule has 7 heteroatoms. The van der Waals surface area contributed by atoms with Crippen LogP contribution in [0.15, 0.2) is 34.5 Å². The van der Waals surface area contributed by atoms with Gasteiger partial charge in [0.05, 0.1) is 0 Å². The highest BCUT2D eigenvalue weighted by molar-refractivity contribution is 7.94. The number of sulfonamides is 1. The summed E-state index contributed by atoms with van der Waals surface area (Å²) in [6.07, 6.45) is 0. The zero-order valence-electron chi connectivity index (χ0n) is 10.7. The minimum atomic E-state index is -3.55. The number of aryl methyl sites for hydroxylation is 1. The molecule has 5 nitrogen and oxygen atoms in total. The van der Waals surface area contributed by atoms with E-state index in [1.807, 2.05) is 20.0 Å². The lowest BCUT2D eigenvalue weighted by Crippen LogP contribution is -2.12. The van der Waals surface area contributed by atoms with Gasteiger partial charge in [0.15, 0.2) is 0 Å². The number of thiophene rings is 1. The quantitative estimate of drug-likeness (QED) is 0.885. The molecule has 2 N–H and O–H groups in total. The van der Waals surface area contributed by atoms with E-state index in [9.17, 15) is 8.42 Å². The molecule has 0 aliphatic rings. The van der Waals surface area contributed by atoms with E-state index >= 15 is 0 Å². The first-order chi connectivity index (χ1) is 9.01. The molecule has 0 aliphatic heterocycles. The molecular weight excluding hydrogens is 282 g/mol. The highest BCUT2D eigenvalue weighted by atomic mass is 32.2. The molecule has 0 saturated heterocycles. The van der Waals surface area contributed by atoms with Crippen LogP contribution in [0.25, 0.3) is 0 Å². The number of pyridine rings is 1. The molecule has 0 saturated carbocycles. The summed E-state index contributed by atoms with van der Waals surface area (Å²) in [5.41, 5.74) is 0.766. The van der Waals surface area contributed by atoms with Crippen molar-refractivity contribution in [2.24, 2.45) is 0 Å². The Kier molecular flexibility index (Phi) is 4.18. The van der Waals surface area contributed by atoms with Crippen molar-refractivity contribution >= 4 is 27.2 Å². The molecule has 2 aromatic rings. The van der Waals surface area contributed by atoms with Crippen molar-refractivity contribution in [3.63, 3.8) is 0 Å². The Morgan fingerprint density at radius 3 is 2.74 bits per heavy atom. The average Bonchev–Trinajstić information content (AvgIpc) is 2.78. The molecule has 0 bridgehead atoms. The van der Waals surface area contributed by atoms with Gasteiger partial charge in [0.1, 0.15) is 10.0 Å². The van der Waals surface area contributed by atoms with Crippen molar-refractivity contribution < 1.29 is 8.42 Å². The molecule has 0 aliphatic carbocycles. The lowest BCUT2D eigenvalue weighted by molar-refractivity contribution is 0.603. The molecule has 0 fully saturated rings. The van der Waals surface area contributed by atoms with Crippen LogP contribution >= 0.6 is 11.3 Å². The molecule has 0 atom stereocenters. The standard InChI is InChI=1S/C12H15N3O2S2/c1-9-4-3-5-11(14-9)15-19(16,17)12-7-6-10(18-12)8-13-2/h3-7,13H,8H2,1-2H3,(H,14,15). The van der Waals surface area contributed by atoms with Crippen molar-refractivity contribution in [2.75, 3.05) is 11.8 Å². The maximum atomic E-state index is 12.2. The van der Waals surface area contributed by atoms with E-state index in [0.717, 1.165) is 10.6 Å². The lowest BCUT2D eigenvalue weighted by atomic mass is 10.4. The van der Waals surface area contributed by atoms with Gasteiger partial charge < -0.3 is 5.32 Å². The van der Waals surface area contributed by atoms with Gasteiger partial charge in [0.2, 0.25) is 0 Å². The molecule has 0 amide bonds. The summed E-state index contributed by atoms with van der Waals surface area (Å²) in [5.74, 6) is 0.337. The minimum Gasteiger partial charge on any atom is -0.315 e. The van der Waals surface area contributed by atoms with Crippen molar-refractivity contribution in [2.45, 2.75) is 17.7 Å². The number of aromatic nitrogens is 1. The third-order valence-electron chi connectivity index (χ3n) is 2.38. The number of nitrogens with one attached hydrogen (secondary N) is 2. The second-order valence-electron chi connectivity index (χ2n) is 4.02. The highest BCUT2D eigenvalue weighted by Crippen LogP contribution is 2.23. The maximum absolute atomic E-state index is 12.2. The third kappa shape index (κ3) is 3.52. The van der Waals surface area contributed by atoms with Crippen LogP contribution in [0, 0.1) is 6.92 Å². The van der Waals surface area contributed by atoms with E-state index in [2.05, 4.69) is 15.0 Å². The summed E-state index contributed by atoms with van der Waals surface area (Å²) in [6.45, 7) is 2.47. The molecule has 102 valence electrons. The van der Waals surface area contributed by atoms with Gasteiger partial charge in [0, 0.05) is 17.1 Å². The van der Waals surface area contributed by atoms with Gasteiger partial charge in [0.25, 0.3) is 10.0 Å². The molecule has 2 rings (SSSR count). The predicted octanol–water partition coefficient (Wildman–Crippen LogP) is 1.97. The summed E-state index contributed by atoms with van der Waals surface area (Å²) < 4.78 is 27.1. The number of rotatable bonds is 5. The van der Waals surface area contributed by atoms with Crippen molar-refractivity contribution in [1.29, 1.82) is 0 Å². The number of hydrogen-bond donors (Lipinski definition) is 2. The Bertz CT molecular complexity index is 665. The van der Waals surface area contributed by atoms with E-state index in [1.165, 1.54) is 11.3 Å². The first-order valence-corrected chi connectivity index (χ1v) is 8.01. The fourth-order valence-corrected chi connectivity index (χ4v) is 3.93. The fourth-order valence-electron chi connectivity index (χ4n) is 1.56. The van der Waals surface area contributed by atoms with Crippen molar-refractivity contribution in [3.8, 4) is 0 Å². The summed E-state index contributed by atoms with van der Waals surface area (Å²) in [6, 6.07) is 8.62.